The highest BCUT2D eigenvalue weighted by Crippen LogP contribution is 2.45. The minimum absolute atomic E-state index is 0.0734. The van der Waals surface area contributed by atoms with E-state index in [1.165, 1.54) is 10.4 Å². The van der Waals surface area contributed by atoms with Gasteiger partial charge in [0.15, 0.2) is 11.6 Å². The minimum atomic E-state index is -4.01. The number of aromatic nitrogens is 1. The monoisotopic (exact) mass is 523 g/mol. The Bertz CT molecular complexity index is 1300. The quantitative estimate of drug-likeness (QED) is 0.558. The number of hydrogen-bond donors (Lipinski definition) is 3. The van der Waals surface area contributed by atoms with Crippen molar-refractivity contribution in [2.24, 2.45) is 0 Å². The summed E-state index contributed by atoms with van der Waals surface area (Å²) in [4.78, 5) is 13.5. The second-order valence-corrected chi connectivity index (χ2v) is 12.1. The van der Waals surface area contributed by atoms with Crippen molar-refractivity contribution in [1.29, 1.82) is 0 Å². The molecule has 0 aliphatic carbocycles. The number of halogens is 2. The maximum atomic E-state index is 14.2. The summed E-state index contributed by atoms with van der Waals surface area (Å²) < 4.78 is 58.7. The van der Waals surface area contributed by atoms with Crippen molar-refractivity contribution in [3.8, 4) is 0 Å². The number of carbonyl (C=O) groups excluding carboxylic acids is 1. The number of benzene rings is 1. The molecule has 1 amide bonds. The fraction of sp³-hybridized carbons (Fsp3) is 0.560. The Morgan fingerprint density at radius 1 is 1.14 bits per heavy atom. The average Bonchev–Trinajstić information content (AvgIpc) is 3.16. The third-order valence-electron chi connectivity index (χ3n) is 7.86. The Hall–Kier alpha value is -2.34. The maximum absolute atomic E-state index is 14.2. The number of rotatable bonds is 5. The lowest BCUT2D eigenvalue weighted by Gasteiger charge is -2.42. The molecule has 1 aromatic heterocycles. The van der Waals surface area contributed by atoms with Crippen LogP contribution in [0.15, 0.2) is 23.1 Å². The van der Waals surface area contributed by atoms with E-state index in [9.17, 15) is 32.2 Å². The van der Waals surface area contributed by atoms with Crippen LogP contribution in [0.3, 0.4) is 0 Å². The van der Waals surface area contributed by atoms with Crippen LogP contribution in [0.1, 0.15) is 66.7 Å². The van der Waals surface area contributed by atoms with E-state index in [0.29, 0.717) is 37.1 Å². The van der Waals surface area contributed by atoms with Crippen molar-refractivity contribution in [3.05, 3.63) is 46.8 Å². The highest BCUT2D eigenvalue weighted by Gasteiger charge is 2.53. The van der Waals surface area contributed by atoms with Gasteiger partial charge in [-0.1, -0.05) is 6.42 Å². The Labute approximate surface area is 209 Å². The molecule has 3 N–H and O–H groups in total. The van der Waals surface area contributed by atoms with Crippen molar-refractivity contribution < 1.29 is 32.2 Å². The lowest BCUT2D eigenvalue weighted by Crippen LogP contribution is -2.54. The predicted molar refractivity (Wildman–Crippen MR) is 128 cm³/mol. The molecule has 3 aliphatic rings. The van der Waals surface area contributed by atoms with E-state index in [2.05, 4.69) is 5.32 Å². The average molecular weight is 524 g/mol. The van der Waals surface area contributed by atoms with Gasteiger partial charge >= 0.3 is 0 Å². The minimum Gasteiger partial charge on any atom is -0.393 e. The lowest BCUT2D eigenvalue weighted by atomic mass is 9.88. The third kappa shape index (κ3) is 4.15. The first kappa shape index (κ1) is 25.3. The van der Waals surface area contributed by atoms with Crippen molar-refractivity contribution in [1.82, 2.24) is 8.87 Å². The van der Waals surface area contributed by atoms with Gasteiger partial charge in [0.05, 0.1) is 12.2 Å². The van der Waals surface area contributed by atoms with Crippen molar-refractivity contribution in [2.45, 2.75) is 87.4 Å². The molecule has 2 fully saturated rings. The number of piperidine rings is 1. The highest BCUT2D eigenvalue weighted by atomic mass is 32.2. The van der Waals surface area contributed by atoms with E-state index in [0.717, 1.165) is 31.4 Å². The third-order valence-corrected chi connectivity index (χ3v) is 10.1. The van der Waals surface area contributed by atoms with E-state index < -0.39 is 51.9 Å². The molecule has 4 heterocycles. The first-order valence-corrected chi connectivity index (χ1v) is 13.8. The van der Waals surface area contributed by atoms with Gasteiger partial charge in [0.2, 0.25) is 10.0 Å². The summed E-state index contributed by atoms with van der Waals surface area (Å²) in [5.41, 5.74) is -0.104. The largest absolute Gasteiger partial charge is 0.393 e. The smallest absolute Gasteiger partial charge is 0.272 e. The fourth-order valence-corrected chi connectivity index (χ4v) is 8.68. The van der Waals surface area contributed by atoms with Crippen LogP contribution in [0.25, 0.3) is 0 Å². The molecule has 2 bridgehead atoms. The molecule has 0 saturated carbocycles. The number of anilines is 1. The van der Waals surface area contributed by atoms with Crippen LogP contribution < -0.4 is 5.32 Å². The molecule has 2 saturated heterocycles. The number of carbonyl (C=O) groups is 1. The van der Waals surface area contributed by atoms with Crippen LogP contribution in [0, 0.1) is 18.6 Å². The zero-order chi connectivity index (χ0) is 25.8. The molecule has 3 aliphatic heterocycles. The summed E-state index contributed by atoms with van der Waals surface area (Å²) in [7, 11) is -4.01. The summed E-state index contributed by atoms with van der Waals surface area (Å²) >= 11 is 0. The number of nitrogens with one attached hydrogen (secondary N) is 1. The van der Waals surface area contributed by atoms with E-state index in [1.807, 2.05) is 0 Å². The molecule has 11 heteroatoms. The number of sulfonamides is 1. The second-order valence-electron chi connectivity index (χ2n) is 10.3. The van der Waals surface area contributed by atoms with Gasteiger partial charge in [-0.15, -0.1) is 0 Å². The molecule has 8 nitrogen and oxygen atoms in total. The number of amides is 1. The summed E-state index contributed by atoms with van der Waals surface area (Å²) in [6.45, 7) is 1.68. The Morgan fingerprint density at radius 2 is 1.83 bits per heavy atom. The van der Waals surface area contributed by atoms with Crippen LogP contribution in [0.5, 0.6) is 0 Å². The molecule has 1 aromatic carbocycles. The van der Waals surface area contributed by atoms with Crippen LogP contribution in [-0.2, 0) is 23.0 Å². The van der Waals surface area contributed by atoms with E-state index in [4.69, 9.17) is 0 Å². The van der Waals surface area contributed by atoms with Gasteiger partial charge in [0.25, 0.3) is 5.91 Å². The fourth-order valence-electron chi connectivity index (χ4n) is 6.33. The molecule has 0 spiro atoms. The predicted octanol–water partition coefficient (Wildman–Crippen LogP) is 3.09. The molecular weight excluding hydrogens is 492 g/mol. The molecule has 5 rings (SSSR count). The Kier molecular flexibility index (Phi) is 6.47. The zero-order valence-corrected chi connectivity index (χ0v) is 21.0. The van der Waals surface area contributed by atoms with Crippen LogP contribution in [0.2, 0.25) is 0 Å². The molecule has 2 aromatic rings. The number of aliphatic hydroxyl groups is 2. The summed E-state index contributed by atoms with van der Waals surface area (Å²) in [5.74, 6) is -2.71. The van der Waals surface area contributed by atoms with Crippen molar-refractivity contribution in [3.63, 3.8) is 0 Å². The summed E-state index contributed by atoms with van der Waals surface area (Å²) in [5, 5.41) is 22.9. The highest BCUT2D eigenvalue weighted by molar-refractivity contribution is 7.89. The standard InChI is InChI=1S/C25H31F2N3O5S/c1-15-22(24(32)28-16-6-9-19(26)20(27)11-16)29-10-4-2-3-5-21(29)23(15)36(34,35)30-17-7-8-18(30)13-25(33,12-17)14-31/h6,9,11,17-18,31,33H,2-5,7-8,10,12-14H2,1H3,(H,28,32). The van der Waals surface area contributed by atoms with Crippen molar-refractivity contribution >= 4 is 21.6 Å². The first-order valence-electron chi connectivity index (χ1n) is 12.4. The van der Waals surface area contributed by atoms with Gasteiger partial charge in [-0.2, -0.15) is 4.31 Å². The van der Waals surface area contributed by atoms with Gasteiger partial charge in [-0.3, -0.25) is 4.79 Å². The van der Waals surface area contributed by atoms with E-state index >= 15 is 0 Å². The van der Waals surface area contributed by atoms with Gasteiger partial charge in [-0.05, 0) is 64.0 Å². The van der Waals surface area contributed by atoms with E-state index in [1.54, 1.807) is 11.5 Å². The van der Waals surface area contributed by atoms with Gasteiger partial charge < -0.3 is 20.1 Å². The topological polar surface area (TPSA) is 112 Å². The zero-order valence-electron chi connectivity index (χ0n) is 20.1. The number of fused-ring (bicyclic) bond motifs is 3. The Balaban J connectivity index is 1.56. The van der Waals surface area contributed by atoms with Gasteiger partial charge in [-0.25, -0.2) is 17.2 Å². The molecule has 36 heavy (non-hydrogen) atoms. The second kappa shape index (κ2) is 9.20. The van der Waals surface area contributed by atoms with Crippen LogP contribution in [-0.4, -0.2) is 57.7 Å². The molecule has 2 unspecified atom stereocenters. The van der Waals surface area contributed by atoms with Crippen molar-refractivity contribution in [2.75, 3.05) is 11.9 Å². The summed E-state index contributed by atoms with van der Waals surface area (Å²) in [6.07, 6.45) is 4.49. The first-order chi connectivity index (χ1) is 17.1. The van der Waals surface area contributed by atoms with E-state index in [-0.39, 0.29) is 29.1 Å². The molecule has 0 radical (unpaired) electrons. The molecular formula is C25H31F2N3O5S. The number of aliphatic hydroxyl groups excluding tert-OH is 1. The van der Waals surface area contributed by atoms with Crippen LogP contribution >= 0.6 is 0 Å². The molecule has 2 atom stereocenters. The SMILES string of the molecule is Cc1c(S(=O)(=O)N2C3CCC2CC(O)(CO)C3)c2n(c1C(=O)Nc1ccc(F)c(F)c1)CCCCC2. The Morgan fingerprint density at radius 3 is 2.47 bits per heavy atom. The number of nitrogens with zero attached hydrogens (tertiary/aromatic N) is 2. The maximum Gasteiger partial charge on any atom is 0.272 e. The summed E-state index contributed by atoms with van der Waals surface area (Å²) in [6, 6.07) is 2.22. The molecule has 196 valence electrons. The van der Waals surface area contributed by atoms with Crippen LogP contribution in [0.4, 0.5) is 14.5 Å². The number of hydrogen-bond acceptors (Lipinski definition) is 5. The lowest BCUT2D eigenvalue weighted by molar-refractivity contribution is -0.0663. The normalized spacial score (nSPS) is 26.5. The van der Waals surface area contributed by atoms with Gasteiger partial charge in [0, 0.05) is 41.6 Å². The van der Waals surface area contributed by atoms with Gasteiger partial charge in [0.1, 0.15) is 10.6 Å².